The minimum absolute atomic E-state index is 0.0841. The molecule has 0 atom stereocenters. The van der Waals surface area contributed by atoms with Crippen molar-refractivity contribution in [2.24, 2.45) is 0 Å². The summed E-state index contributed by atoms with van der Waals surface area (Å²) >= 11 is 1.39. The molecule has 0 aliphatic carbocycles. The van der Waals surface area contributed by atoms with Crippen LogP contribution in [0.25, 0.3) is 17.1 Å². The molecule has 2 aromatic carbocycles. The van der Waals surface area contributed by atoms with Gasteiger partial charge in [-0.25, -0.2) is 4.98 Å². The van der Waals surface area contributed by atoms with Gasteiger partial charge < -0.3 is 9.88 Å². The second-order valence-corrected chi connectivity index (χ2v) is 9.71. The first-order valence-corrected chi connectivity index (χ1v) is 12.6. The molecule has 3 aliphatic rings. The Hall–Kier alpha value is -3.39. The van der Waals surface area contributed by atoms with Crippen LogP contribution in [0.3, 0.4) is 0 Å². The summed E-state index contributed by atoms with van der Waals surface area (Å²) < 4.78 is 3.56. The third-order valence-corrected chi connectivity index (χ3v) is 6.98. The summed E-state index contributed by atoms with van der Waals surface area (Å²) in [5.41, 5.74) is 5.18. The third kappa shape index (κ3) is 4.50. The molecule has 174 valence electrons. The van der Waals surface area contributed by atoms with Crippen LogP contribution in [0.1, 0.15) is 36.1 Å². The predicted molar refractivity (Wildman–Crippen MR) is 135 cm³/mol. The fraction of sp³-hybridized carbons (Fsp3) is 0.308. The van der Waals surface area contributed by atoms with Crippen LogP contribution in [-0.4, -0.2) is 31.0 Å². The summed E-state index contributed by atoms with van der Waals surface area (Å²) in [4.78, 5) is 30.8. The van der Waals surface area contributed by atoms with E-state index in [2.05, 4.69) is 21.0 Å². The van der Waals surface area contributed by atoms with Gasteiger partial charge in [0.15, 0.2) is 11.0 Å². The van der Waals surface area contributed by atoms with E-state index in [1.807, 2.05) is 56.3 Å². The normalized spacial score (nSPS) is 13.5. The van der Waals surface area contributed by atoms with Crippen LogP contribution >= 0.6 is 11.8 Å². The van der Waals surface area contributed by atoms with Gasteiger partial charge in [-0.3, -0.25) is 9.59 Å². The number of thioether (sulfide) groups is 1. The molecule has 0 radical (unpaired) electrons. The van der Waals surface area contributed by atoms with Crippen molar-refractivity contribution in [3.63, 3.8) is 0 Å². The molecule has 0 aromatic heterocycles. The number of rotatable bonds is 5. The lowest BCUT2D eigenvalue weighted by Crippen LogP contribution is -2.20. The zero-order chi connectivity index (χ0) is 23.7. The molecule has 0 saturated heterocycles. The summed E-state index contributed by atoms with van der Waals surface area (Å²) in [5, 5.41) is 8.29. The van der Waals surface area contributed by atoms with Gasteiger partial charge in [0.25, 0.3) is 5.56 Å². The number of amides is 1. The summed E-state index contributed by atoms with van der Waals surface area (Å²) in [6, 6.07) is 15.4. The number of nitrogens with one attached hydrogen (secondary N) is 1. The van der Waals surface area contributed by atoms with Crippen molar-refractivity contribution in [1.29, 1.82) is 0 Å². The highest BCUT2D eigenvalue weighted by Gasteiger charge is 2.27. The van der Waals surface area contributed by atoms with E-state index in [1.165, 1.54) is 16.4 Å². The SMILES string of the molecule is Cc1cc(C)cc(NC(=O)CSc2nc3nn(-c4ccccc4)c(=O)c-3c3n2CCCCC3)c1. The largest absolute Gasteiger partial charge is 0.325 e. The maximum atomic E-state index is 13.3. The molecule has 3 heterocycles. The highest BCUT2D eigenvalue weighted by molar-refractivity contribution is 7.99. The fourth-order valence-electron chi connectivity index (χ4n) is 4.58. The third-order valence-electron chi connectivity index (χ3n) is 6.01. The standard InChI is InChI=1S/C26H27N5O2S/c1-17-13-18(2)15-19(14-17)27-22(32)16-34-26-28-24-23(21-11-7-4-8-12-30(21)26)25(33)31(29-24)20-9-5-3-6-10-20/h3,5-6,9-10,13-15H,4,7-8,11-12,16H2,1-2H3,(H,27,32). The lowest BCUT2D eigenvalue weighted by Gasteiger charge is -2.17. The number of carbonyl (C=O) groups excluding carboxylic acids is 1. The topological polar surface area (TPSA) is 81.8 Å². The highest BCUT2D eigenvalue weighted by Crippen LogP contribution is 2.30. The maximum Gasteiger partial charge on any atom is 0.284 e. The number of para-hydroxylation sites is 1. The maximum absolute atomic E-state index is 13.3. The highest BCUT2D eigenvalue weighted by atomic mass is 32.2. The first-order valence-electron chi connectivity index (χ1n) is 11.6. The molecule has 34 heavy (non-hydrogen) atoms. The Kier molecular flexibility index (Phi) is 6.24. The molecule has 7 nitrogen and oxygen atoms in total. The molecule has 1 amide bonds. The molecular weight excluding hydrogens is 446 g/mol. The number of aromatic nitrogens is 4. The molecule has 3 aliphatic heterocycles. The van der Waals surface area contributed by atoms with Crippen LogP contribution in [0.15, 0.2) is 58.5 Å². The van der Waals surface area contributed by atoms with E-state index in [-0.39, 0.29) is 17.2 Å². The zero-order valence-electron chi connectivity index (χ0n) is 19.4. The Bertz CT molecular complexity index is 1360. The monoisotopic (exact) mass is 473 g/mol. The van der Waals surface area contributed by atoms with E-state index < -0.39 is 0 Å². The van der Waals surface area contributed by atoms with Gasteiger partial charge >= 0.3 is 0 Å². The lowest BCUT2D eigenvalue weighted by atomic mass is 10.1. The second-order valence-electron chi connectivity index (χ2n) is 8.77. The number of fused-ring (bicyclic) bond motifs is 3. The van der Waals surface area contributed by atoms with Crippen LogP contribution < -0.4 is 10.9 Å². The molecular formula is C26H27N5O2S. The Balaban J connectivity index is 1.47. The number of carbonyl (C=O) groups is 1. The summed E-state index contributed by atoms with van der Waals surface area (Å²) in [7, 11) is 0. The van der Waals surface area contributed by atoms with Crippen LogP contribution in [0, 0.1) is 13.8 Å². The van der Waals surface area contributed by atoms with Gasteiger partial charge in [-0.2, -0.15) is 4.68 Å². The number of aryl methyl sites for hydroxylation is 2. The van der Waals surface area contributed by atoms with E-state index in [0.717, 1.165) is 65.6 Å². The van der Waals surface area contributed by atoms with Crippen molar-refractivity contribution in [3.8, 4) is 17.1 Å². The molecule has 0 bridgehead atoms. The summed E-state index contributed by atoms with van der Waals surface area (Å²) in [5.74, 6) is 0.590. The van der Waals surface area contributed by atoms with E-state index in [0.29, 0.717) is 11.4 Å². The van der Waals surface area contributed by atoms with Gasteiger partial charge in [0.1, 0.15) is 5.56 Å². The van der Waals surface area contributed by atoms with E-state index >= 15 is 0 Å². The number of anilines is 1. The van der Waals surface area contributed by atoms with E-state index in [9.17, 15) is 9.59 Å². The molecule has 0 spiro atoms. The molecule has 5 rings (SSSR count). The van der Waals surface area contributed by atoms with Crippen LogP contribution in [0.4, 0.5) is 5.69 Å². The molecule has 0 unspecified atom stereocenters. The van der Waals surface area contributed by atoms with Gasteiger partial charge in [0, 0.05) is 17.9 Å². The Morgan fingerprint density at radius 2 is 1.82 bits per heavy atom. The first-order chi connectivity index (χ1) is 16.5. The molecule has 2 aromatic rings. The number of benzene rings is 2. The van der Waals surface area contributed by atoms with Crippen LogP contribution in [0.2, 0.25) is 0 Å². The molecule has 1 N–H and O–H groups in total. The fourth-order valence-corrected chi connectivity index (χ4v) is 5.42. The molecule has 8 heteroatoms. The lowest BCUT2D eigenvalue weighted by molar-refractivity contribution is -0.113. The van der Waals surface area contributed by atoms with Gasteiger partial charge in [-0.15, -0.1) is 5.10 Å². The van der Waals surface area contributed by atoms with Crippen molar-refractivity contribution >= 4 is 23.4 Å². The first kappa shape index (κ1) is 22.4. The Labute approximate surface area is 202 Å². The van der Waals surface area contributed by atoms with Gasteiger partial charge in [0.05, 0.1) is 11.4 Å². The summed E-state index contributed by atoms with van der Waals surface area (Å²) in [6.07, 6.45) is 3.94. The van der Waals surface area contributed by atoms with E-state index in [1.54, 1.807) is 0 Å². The van der Waals surface area contributed by atoms with Crippen molar-refractivity contribution in [2.45, 2.75) is 51.2 Å². The average Bonchev–Trinajstić information content (AvgIpc) is 2.97. The summed E-state index contributed by atoms with van der Waals surface area (Å²) in [6.45, 7) is 4.82. The van der Waals surface area contributed by atoms with Crippen molar-refractivity contribution in [1.82, 2.24) is 19.3 Å². The Morgan fingerprint density at radius 3 is 2.59 bits per heavy atom. The molecule has 0 fully saturated rings. The second kappa shape index (κ2) is 9.46. The van der Waals surface area contributed by atoms with E-state index in [4.69, 9.17) is 4.98 Å². The van der Waals surface area contributed by atoms with Gasteiger partial charge in [-0.1, -0.05) is 42.4 Å². The van der Waals surface area contributed by atoms with Gasteiger partial charge in [0.2, 0.25) is 5.91 Å². The predicted octanol–water partition coefficient (Wildman–Crippen LogP) is 4.61. The number of nitrogens with zero attached hydrogens (tertiary/aromatic N) is 4. The van der Waals surface area contributed by atoms with Crippen molar-refractivity contribution in [2.75, 3.05) is 11.1 Å². The smallest absolute Gasteiger partial charge is 0.284 e. The number of hydrogen-bond acceptors (Lipinski definition) is 5. The number of hydrogen-bond donors (Lipinski definition) is 1. The van der Waals surface area contributed by atoms with Crippen LogP contribution in [0.5, 0.6) is 0 Å². The van der Waals surface area contributed by atoms with Gasteiger partial charge in [-0.05, 0) is 68.5 Å². The quantitative estimate of drug-likeness (QED) is 0.338. The average molecular weight is 474 g/mol. The zero-order valence-corrected chi connectivity index (χ0v) is 20.2. The van der Waals surface area contributed by atoms with Crippen molar-refractivity contribution < 1.29 is 4.79 Å². The van der Waals surface area contributed by atoms with Crippen molar-refractivity contribution in [3.05, 3.63) is 75.7 Å². The molecule has 0 saturated carbocycles. The van der Waals surface area contributed by atoms with Crippen LogP contribution in [-0.2, 0) is 17.8 Å². The Morgan fingerprint density at radius 1 is 1.06 bits per heavy atom. The minimum atomic E-state index is -0.136. The minimum Gasteiger partial charge on any atom is -0.325 e.